The van der Waals surface area contributed by atoms with Crippen molar-refractivity contribution in [2.75, 3.05) is 19.8 Å². The minimum absolute atomic E-state index is 0.543. The zero-order valence-corrected chi connectivity index (χ0v) is 6.50. The van der Waals surface area contributed by atoms with Crippen LogP contribution >= 0.6 is 0 Å². The highest BCUT2D eigenvalue weighted by atomic mass is 16.6. The van der Waals surface area contributed by atoms with Crippen molar-refractivity contribution in [2.45, 2.75) is 18.5 Å². The first kappa shape index (κ1) is 11.8. The van der Waals surface area contributed by atoms with E-state index in [1.165, 1.54) is 0 Å². The third kappa shape index (κ3) is 3.96. The Labute approximate surface area is 69.6 Å². The summed E-state index contributed by atoms with van der Waals surface area (Å²) in [5.41, 5.74) is 0. The maximum atomic E-state index is 8.93. The molecule has 0 amide bonds. The molecule has 3 atom stereocenters. The highest BCUT2D eigenvalue weighted by Gasteiger charge is 2.20. The van der Waals surface area contributed by atoms with Crippen molar-refractivity contribution in [3.63, 3.8) is 0 Å². The Morgan fingerprint density at radius 2 is 1.50 bits per heavy atom. The van der Waals surface area contributed by atoms with E-state index in [2.05, 4.69) is 4.74 Å². The first-order chi connectivity index (χ1) is 5.65. The average molecular weight is 182 g/mol. The second kappa shape index (κ2) is 6.30. The molecule has 6 heteroatoms. The van der Waals surface area contributed by atoms with Crippen LogP contribution in [0.25, 0.3) is 0 Å². The van der Waals surface area contributed by atoms with Crippen LogP contribution < -0.4 is 0 Å². The lowest BCUT2D eigenvalue weighted by atomic mass is 10.2. The van der Waals surface area contributed by atoms with E-state index < -0.39 is 38.3 Å². The fourth-order valence-electron chi connectivity index (χ4n) is 0.618. The molecule has 0 heterocycles. The molecule has 0 rings (SSSR count). The molecule has 5 N–H and O–H groups in total. The van der Waals surface area contributed by atoms with Gasteiger partial charge in [0.05, 0.1) is 19.8 Å². The van der Waals surface area contributed by atoms with Crippen LogP contribution in [-0.2, 0) is 4.74 Å². The average Bonchev–Trinajstić information content (AvgIpc) is 2.12. The first-order valence-electron chi connectivity index (χ1n) is 3.49. The van der Waals surface area contributed by atoms with Crippen molar-refractivity contribution < 1.29 is 30.3 Å². The molecule has 74 valence electrons. The normalized spacial score (nSPS) is 18.8. The molecule has 12 heavy (non-hydrogen) atoms. The van der Waals surface area contributed by atoms with E-state index >= 15 is 0 Å². The smallest absolute Gasteiger partial charge is 0.178 e. The molecular weight excluding hydrogens is 168 g/mol. The second-order valence-corrected chi connectivity index (χ2v) is 2.24. The maximum Gasteiger partial charge on any atom is 0.178 e. The fourth-order valence-corrected chi connectivity index (χ4v) is 0.618. The Morgan fingerprint density at radius 1 is 0.917 bits per heavy atom. The molecule has 0 aliphatic heterocycles. The van der Waals surface area contributed by atoms with E-state index in [1.54, 1.807) is 0 Å². The minimum atomic E-state index is -1.46. The SMILES string of the molecule is OCC(O[C@@H](O)CO)[C@@H](O)CO. The van der Waals surface area contributed by atoms with Gasteiger partial charge in [-0.3, -0.25) is 0 Å². The van der Waals surface area contributed by atoms with E-state index in [-0.39, 0.29) is 0 Å². The zero-order valence-electron chi connectivity index (χ0n) is 6.50. The summed E-state index contributed by atoms with van der Waals surface area (Å²) in [5.74, 6) is 0. The number of hydrogen-bond donors (Lipinski definition) is 5. The van der Waals surface area contributed by atoms with Crippen LogP contribution in [0.15, 0.2) is 0 Å². The van der Waals surface area contributed by atoms with Gasteiger partial charge < -0.3 is 30.3 Å². The molecule has 0 radical (unpaired) electrons. The van der Waals surface area contributed by atoms with Crippen LogP contribution in [0, 0.1) is 0 Å². The van der Waals surface area contributed by atoms with Crippen LogP contribution in [0.2, 0.25) is 0 Å². The molecule has 0 aliphatic carbocycles. The van der Waals surface area contributed by atoms with Gasteiger partial charge >= 0.3 is 0 Å². The summed E-state index contributed by atoms with van der Waals surface area (Å²) in [7, 11) is 0. The van der Waals surface area contributed by atoms with Gasteiger partial charge in [-0.15, -0.1) is 0 Å². The lowest BCUT2D eigenvalue weighted by molar-refractivity contribution is -0.193. The molecule has 0 aromatic heterocycles. The Hall–Kier alpha value is -0.240. The van der Waals surface area contributed by atoms with Crippen molar-refractivity contribution in [2.24, 2.45) is 0 Å². The summed E-state index contributed by atoms with van der Waals surface area (Å²) < 4.78 is 4.55. The Morgan fingerprint density at radius 3 is 1.83 bits per heavy atom. The van der Waals surface area contributed by atoms with Gasteiger partial charge in [0.15, 0.2) is 6.29 Å². The van der Waals surface area contributed by atoms with Gasteiger partial charge in [0.25, 0.3) is 0 Å². The van der Waals surface area contributed by atoms with Crippen molar-refractivity contribution >= 4 is 0 Å². The monoisotopic (exact) mass is 182 g/mol. The summed E-state index contributed by atoms with van der Waals surface area (Å²) in [4.78, 5) is 0. The standard InChI is InChI=1S/C6H14O6/c7-1-4(10)5(2-8)12-6(11)3-9/h4-11H,1-3H2/t4-,5?,6+/m0/s1. The number of hydrogen-bond acceptors (Lipinski definition) is 6. The van der Waals surface area contributed by atoms with Gasteiger partial charge in [-0.1, -0.05) is 0 Å². The van der Waals surface area contributed by atoms with Crippen molar-refractivity contribution in [1.82, 2.24) is 0 Å². The molecular formula is C6H14O6. The van der Waals surface area contributed by atoms with Gasteiger partial charge in [-0.25, -0.2) is 0 Å². The molecule has 0 spiro atoms. The topological polar surface area (TPSA) is 110 Å². The number of aliphatic hydroxyl groups excluding tert-OH is 5. The summed E-state index contributed by atoms with van der Waals surface area (Å²) in [6.07, 6.45) is -3.81. The molecule has 0 aliphatic rings. The van der Waals surface area contributed by atoms with E-state index in [1.807, 2.05) is 0 Å². The van der Waals surface area contributed by atoms with Gasteiger partial charge in [0.1, 0.15) is 12.2 Å². The van der Waals surface area contributed by atoms with E-state index in [0.717, 1.165) is 0 Å². The predicted octanol–water partition coefficient (Wildman–Crippen LogP) is -2.97. The highest BCUT2D eigenvalue weighted by molar-refractivity contribution is 4.66. The summed E-state index contributed by atoms with van der Waals surface area (Å²) in [5, 5.41) is 43.0. The lowest BCUT2D eigenvalue weighted by Crippen LogP contribution is -2.39. The van der Waals surface area contributed by atoms with E-state index in [9.17, 15) is 0 Å². The molecule has 0 saturated heterocycles. The molecule has 0 fully saturated rings. The van der Waals surface area contributed by atoms with Crippen molar-refractivity contribution in [1.29, 1.82) is 0 Å². The van der Waals surface area contributed by atoms with Gasteiger partial charge in [0, 0.05) is 0 Å². The summed E-state index contributed by atoms with van der Waals surface area (Å²) in [6, 6.07) is 0. The van der Waals surface area contributed by atoms with Gasteiger partial charge in [-0.05, 0) is 0 Å². The third-order valence-electron chi connectivity index (χ3n) is 1.28. The minimum Gasteiger partial charge on any atom is -0.394 e. The van der Waals surface area contributed by atoms with Crippen LogP contribution in [0.1, 0.15) is 0 Å². The predicted molar refractivity (Wildman–Crippen MR) is 38.1 cm³/mol. The largest absolute Gasteiger partial charge is 0.394 e. The van der Waals surface area contributed by atoms with Gasteiger partial charge in [0.2, 0.25) is 0 Å². The summed E-state index contributed by atoms with van der Waals surface area (Å²) >= 11 is 0. The second-order valence-electron chi connectivity index (χ2n) is 2.24. The van der Waals surface area contributed by atoms with E-state index in [0.29, 0.717) is 0 Å². The molecule has 0 aromatic rings. The van der Waals surface area contributed by atoms with Crippen LogP contribution in [0.5, 0.6) is 0 Å². The highest BCUT2D eigenvalue weighted by Crippen LogP contribution is 2.01. The third-order valence-corrected chi connectivity index (χ3v) is 1.28. The van der Waals surface area contributed by atoms with Crippen LogP contribution in [0.4, 0.5) is 0 Å². The number of aliphatic hydroxyl groups is 5. The zero-order chi connectivity index (χ0) is 9.56. The molecule has 6 nitrogen and oxygen atoms in total. The summed E-state index contributed by atoms with van der Waals surface area (Å²) in [6.45, 7) is -1.75. The first-order valence-corrected chi connectivity index (χ1v) is 3.49. The molecule has 1 unspecified atom stereocenters. The molecule has 0 saturated carbocycles. The number of rotatable bonds is 6. The Kier molecular flexibility index (Phi) is 6.17. The Bertz CT molecular complexity index is 108. The van der Waals surface area contributed by atoms with Crippen LogP contribution in [0.3, 0.4) is 0 Å². The fraction of sp³-hybridized carbons (Fsp3) is 1.00. The molecule has 0 bridgehead atoms. The quantitative estimate of drug-likeness (QED) is 0.280. The van der Waals surface area contributed by atoms with Crippen molar-refractivity contribution in [3.05, 3.63) is 0 Å². The van der Waals surface area contributed by atoms with Crippen LogP contribution in [-0.4, -0.2) is 63.9 Å². The van der Waals surface area contributed by atoms with Crippen molar-refractivity contribution in [3.8, 4) is 0 Å². The number of ether oxygens (including phenoxy) is 1. The van der Waals surface area contributed by atoms with Gasteiger partial charge in [-0.2, -0.15) is 0 Å². The maximum absolute atomic E-state index is 8.93. The molecule has 0 aromatic carbocycles. The van der Waals surface area contributed by atoms with E-state index in [4.69, 9.17) is 25.5 Å². The lowest BCUT2D eigenvalue weighted by Gasteiger charge is -2.21. The Balaban J connectivity index is 3.81.